The topological polar surface area (TPSA) is 20.2 Å². The van der Waals surface area contributed by atoms with E-state index in [0.717, 1.165) is 12.3 Å². The zero-order valence-electron chi connectivity index (χ0n) is 12.8. The van der Waals surface area contributed by atoms with Crippen LogP contribution in [0, 0.1) is 22.7 Å². The van der Waals surface area contributed by atoms with Gasteiger partial charge in [-0.3, -0.25) is 0 Å². The smallest absolute Gasteiger partial charge is 0.0518 e. The molecule has 1 fully saturated rings. The monoisotopic (exact) mass is 250 g/mol. The molecule has 0 radical (unpaired) electrons. The van der Waals surface area contributed by atoms with Crippen LogP contribution in [0.5, 0.6) is 0 Å². The average Bonchev–Trinajstić information content (AvgIpc) is 2.22. The van der Waals surface area contributed by atoms with Crippen LogP contribution < -0.4 is 0 Å². The number of hydrogen-bond donors (Lipinski definition) is 1. The zero-order chi connectivity index (χ0) is 13.6. The van der Waals surface area contributed by atoms with E-state index in [1.807, 2.05) is 6.92 Å². The molecule has 1 unspecified atom stereocenters. The van der Waals surface area contributed by atoms with Gasteiger partial charge in [-0.2, -0.15) is 0 Å². The minimum atomic E-state index is -0.182. The van der Waals surface area contributed by atoms with E-state index in [1.54, 1.807) is 0 Å². The summed E-state index contributed by atoms with van der Waals surface area (Å²) < 4.78 is 0. The lowest BCUT2D eigenvalue weighted by atomic mass is 9.48. The maximum atomic E-state index is 9.83. The van der Waals surface area contributed by atoms with Crippen LogP contribution in [0.1, 0.15) is 66.7 Å². The van der Waals surface area contributed by atoms with Crippen molar-refractivity contribution in [1.29, 1.82) is 0 Å². The van der Waals surface area contributed by atoms with E-state index in [1.165, 1.54) is 31.3 Å². The first-order chi connectivity index (χ1) is 8.27. The molecule has 0 aromatic heterocycles. The normalized spacial score (nSPS) is 40.9. The van der Waals surface area contributed by atoms with Crippen molar-refractivity contribution in [3.8, 4) is 0 Å². The van der Waals surface area contributed by atoms with Crippen LogP contribution in [-0.4, -0.2) is 11.2 Å². The molecule has 0 aromatic rings. The van der Waals surface area contributed by atoms with Gasteiger partial charge in [0.2, 0.25) is 0 Å². The molecular weight excluding hydrogens is 220 g/mol. The van der Waals surface area contributed by atoms with Gasteiger partial charge in [-0.05, 0) is 62.2 Å². The van der Waals surface area contributed by atoms with E-state index >= 15 is 0 Å². The van der Waals surface area contributed by atoms with Crippen molar-refractivity contribution in [2.24, 2.45) is 22.7 Å². The molecule has 2 aliphatic rings. The van der Waals surface area contributed by atoms with E-state index in [9.17, 15) is 5.11 Å². The van der Waals surface area contributed by atoms with Crippen LogP contribution in [0.25, 0.3) is 0 Å². The Balaban J connectivity index is 2.34. The molecule has 0 heterocycles. The second kappa shape index (κ2) is 4.67. The minimum absolute atomic E-state index is 0.182. The molecule has 1 N–H and O–H groups in total. The molecule has 0 aliphatic heterocycles. The fraction of sp³-hybridized carbons (Fsp3) is 0.882. The Morgan fingerprint density at radius 1 is 1.33 bits per heavy atom. The number of rotatable bonds is 2. The van der Waals surface area contributed by atoms with Gasteiger partial charge in [0.15, 0.2) is 0 Å². The Bertz CT molecular complexity index is 340. The van der Waals surface area contributed by atoms with Crippen LogP contribution in [0.15, 0.2) is 11.6 Å². The highest BCUT2D eigenvalue weighted by molar-refractivity contribution is 5.18. The molecule has 1 heteroatoms. The van der Waals surface area contributed by atoms with Gasteiger partial charge in [0, 0.05) is 0 Å². The zero-order valence-corrected chi connectivity index (χ0v) is 12.8. The standard InChI is InChI=1S/C17H30O/c1-12-7-8-15-16(3,4)9-6-10-17(15,5)14(12)11-13(2)18/h7,13-15,18H,6,8-11H2,1-5H3/t13-,14-,15?,17+/m0/s1. The van der Waals surface area contributed by atoms with Gasteiger partial charge in [-0.1, -0.05) is 38.8 Å². The molecular formula is C17H30O. The molecule has 4 atom stereocenters. The quantitative estimate of drug-likeness (QED) is 0.713. The summed E-state index contributed by atoms with van der Waals surface area (Å²) in [7, 11) is 0. The largest absolute Gasteiger partial charge is 0.393 e. The Morgan fingerprint density at radius 3 is 2.61 bits per heavy atom. The van der Waals surface area contributed by atoms with Crippen LogP contribution in [0.4, 0.5) is 0 Å². The molecule has 18 heavy (non-hydrogen) atoms. The highest BCUT2D eigenvalue weighted by Crippen LogP contribution is 2.60. The molecule has 0 bridgehead atoms. The highest BCUT2D eigenvalue weighted by atomic mass is 16.3. The molecule has 0 spiro atoms. The molecule has 2 aliphatic carbocycles. The van der Waals surface area contributed by atoms with E-state index in [0.29, 0.717) is 16.7 Å². The summed E-state index contributed by atoms with van der Waals surface area (Å²) in [5.74, 6) is 1.36. The SMILES string of the molecule is CC1=CCC2C(C)(C)CCC[C@]2(C)[C@H]1C[C@H](C)O. The second-order valence-electron chi connectivity index (χ2n) is 7.72. The predicted molar refractivity (Wildman–Crippen MR) is 77.4 cm³/mol. The lowest BCUT2D eigenvalue weighted by molar-refractivity contribution is -0.0481. The maximum absolute atomic E-state index is 9.83. The summed E-state index contributed by atoms with van der Waals surface area (Å²) in [5, 5.41) is 9.83. The average molecular weight is 250 g/mol. The van der Waals surface area contributed by atoms with Crippen molar-refractivity contribution in [1.82, 2.24) is 0 Å². The lowest BCUT2D eigenvalue weighted by Gasteiger charge is -2.57. The van der Waals surface area contributed by atoms with Gasteiger partial charge in [-0.25, -0.2) is 0 Å². The Morgan fingerprint density at radius 2 is 2.00 bits per heavy atom. The van der Waals surface area contributed by atoms with E-state index in [4.69, 9.17) is 0 Å². The van der Waals surface area contributed by atoms with Crippen LogP contribution >= 0.6 is 0 Å². The molecule has 0 aromatic carbocycles. The van der Waals surface area contributed by atoms with Crippen molar-refractivity contribution in [2.45, 2.75) is 72.8 Å². The van der Waals surface area contributed by atoms with Crippen molar-refractivity contribution >= 4 is 0 Å². The van der Waals surface area contributed by atoms with Gasteiger partial charge < -0.3 is 5.11 Å². The Kier molecular flexibility index (Phi) is 3.66. The summed E-state index contributed by atoms with van der Waals surface area (Å²) in [6, 6.07) is 0. The molecule has 1 nitrogen and oxygen atoms in total. The molecule has 104 valence electrons. The first-order valence-electron chi connectivity index (χ1n) is 7.62. The fourth-order valence-corrected chi connectivity index (χ4v) is 4.93. The van der Waals surface area contributed by atoms with Crippen molar-refractivity contribution in [3.63, 3.8) is 0 Å². The third-order valence-electron chi connectivity index (χ3n) is 5.87. The van der Waals surface area contributed by atoms with E-state index in [2.05, 4.69) is 33.8 Å². The van der Waals surface area contributed by atoms with Gasteiger partial charge in [-0.15, -0.1) is 0 Å². The Labute approximate surface area is 113 Å². The highest BCUT2D eigenvalue weighted by Gasteiger charge is 2.51. The van der Waals surface area contributed by atoms with Crippen LogP contribution in [-0.2, 0) is 0 Å². The summed E-state index contributed by atoms with van der Waals surface area (Å²) in [4.78, 5) is 0. The third-order valence-corrected chi connectivity index (χ3v) is 5.87. The van der Waals surface area contributed by atoms with Gasteiger partial charge >= 0.3 is 0 Å². The van der Waals surface area contributed by atoms with E-state index < -0.39 is 0 Å². The number of aliphatic hydroxyl groups excluding tert-OH is 1. The second-order valence-corrected chi connectivity index (χ2v) is 7.72. The number of hydrogen-bond acceptors (Lipinski definition) is 1. The van der Waals surface area contributed by atoms with Crippen molar-refractivity contribution in [3.05, 3.63) is 11.6 Å². The molecule has 0 saturated heterocycles. The third kappa shape index (κ3) is 2.27. The van der Waals surface area contributed by atoms with E-state index in [-0.39, 0.29) is 6.10 Å². The van der Waals surface area contributed by atoms with Crippen molar-refractivity contribution < 1.29 is 5.11 Å². The molecule has 1 saturated carbocycles. The number of aliphatic hydroxyl groups is 1. The maximum Gasteiger partial charge on any atom is 0.0518 e. The van der Waals surface area contributed by atoms with Crippen molar-refractivity contribution in [2.75, 3.05) is 0 Å². The fourth-order valence-electron chi connectivity index (χ4n) is 4.93. The first-order valence-corrected chi connectivity index (χ1v) is 7.62. The number of allylic oxidation sites excluding steroid dienone is 2. The summed E-state index contributed by atoms with van der Waals surface area (Å²) >= 11 is 0. The van der Waals surface area contributed by atoms with Gasteiger partial charge in [0.25, 0.3) is 0 Å². The van der Waals surface area contributed by atoms with Gasteiger partial charge in [0.05, 0.1) is 6.10 Å². The van der Waals surface area contributed by atoms with Crippen LogP contribution in [0.3, 0.4) is 0 Å². The predicted octanol–water partition coefficient (Wildman–Crippen LogP) is 4.56. The van der Waals surface area contributed by atoms with Crippen LogP contribution in [0.2, 0.25) is 0 Å². The minimum Gasteiger partial charge on any atom is -0.393 e. The number of fused-ring (bicyclic) bond motifs is 1. The first kappa shape index (κ1) is 14.1. The Hall–Kier alpha value is -0.300. The lowest BCUT2D eigenvalue weighted by Crippen LogP contribution is -2.49. The summed E-state index contributed by atoms with van der Waals surface area (Å²) in [5.41, 5.74) is 2.38. The summed E-state index contributed by atoms with van der Waals surface area (Å²) in [6.45, 7) is 11.6. The van der Waals surface area contributed by atoms with Gasteiger partial charge in [0.1, 0.15) is 0 Å². The molecule has 0 amide bonds. The molecule has 2 rings (SSSR count). The summed E-state index contributed by atoms with van der Waals surface area (Å²) in [6.07, 6.45) is 8.50.